The lowest BCUT2D eigenvalue weighted by molar-refractivity contribution is -0.396. The second-order valence-electron chi connectivity index (χ2n) is 2.84. The van der Waals surface area contributed by atoms with Gasteiger partial charge in [0.2, 0.25) is 0 Å². The zero-order valence-electron chi connectivity index (χ0n) is 8.45. The number of hydrogen-bond acceptors (Lipinski definition) is 7. The fourth-order valence-electron chi connectivity index (χ4n) is 1.18. The van der Waals surface area contributed by atoms with E-state index in [-0.39, 0.29) is 0 Å². The van der Waals surface area contributed by atoms with Crippen LogP contribution < -0.4 is 0 Å². The topological polar surface area (TPSA) is 133 Å². The number of nitrogens with zero attached hydrogens (tertiary/aromatic N) is 2. The zero-order chi connectivity index (χ0) is 13.2. The number of phenols is 1. The molecule has 1 N–H and O–H groups in total. The quantitative estimate of drug-likeness (QED) is 0.474. The van der Waals surface area contributed by atoms with Gasteiger partial charge in [0, 0.05) is 6.07 Å². The Hall–Kier alpha value is -2.71. The Balaban J connectivity index is 3.56. The number of nitro groups is 2. The molecule has 0 aliphatic carbocycles. The lowest BCUT2D eigenvalue weighted by Gasteiger charge is -2.02. The van der Waals surface area contributed by atoms with Crippen molar-refractivity contribution in [1.29, 1.82) is 0 Å². The summed E-state index contributed by atoms with van der Waals surface area (Å²) in [4.78, 5) is 30.2. The van der Waals surface area contributed by atoms with E-state index in [0.717, 1.165) is 19.2 Å². The predicted molar refractivity (Wildman–Crippen MR) is 52.8 cm³/mol. The molecule has 0 bridgehead atoms. The lowest BCUT2D eigenvalue weighted by Crippen LogP contribution is -2.06. The number of esters is 1. The van der Waals surface area contributed by atoms with E-state index in [1.54, 1.807) is 0 Å². The molecule has 0 amide bonds. The van der Waals surface area contributed by atoms with E-state index in [0.29, 0.717) is 0 Å². The van der Waals surface area contributed by atoms with Gasteiger partial charge < -0.3 is 9.84 Å². The van der Waals surface area contributed by atoms with Crippen LogP contribution in [-0.2, 0) is 4.74 Å². The Labute approximate surface area is 93.5 Å². The molecule has 1 aromatic carbocycles. The van der Waals surface area contributed by atoms with E-state index < -0.39 is 38.5 Å². The Bertz CT molecular complexity index is 511. The maximum Gasteiger partial charge on any atom is 0.345 e. The highest BCUT2D eigenvalue weighted by Crippen LogP contribution is 2.38. The van der Waals surface area contributed by atoms with Crippen molar-refractivity contribution in [3.63, 3.8) is 0 Å². The normalized spacial score (nSPS) is 9.71. The smallest absolute Gasteiger partial charge is 0.345 e. The van der Waals surface area contributed by atoms with Crippen LogP contribution in [0.5, 0.6) is 5.75 Å². The number of benzene rings is 1. The highest BCUT2D eigenvalue weighted by Gasteiger charge is 2.32. The van der Waals surface area contributed by atoms with Gasteiger partial charge in [-0.15, -0.1) is 0 Å². The Kier molecular flexibility index (Phi) is 3.22. The van der Waals surface area contributed by atoms with Crippen LogP contribution in [0.15, 0.2) is 12.1 Å². The molecule has 0 saturated carbocycles. The van der Waals surface area contributed by atoms with Crippen molar-refractivity contribution in [3.8, 4) is 5.75 Å². The molecular formula is C8H6N2O7. The molecule has 0 aliphatic rings. The Morgan fingerprint density at radius 2 is 1.88 bits per heavy atom. The van der Waals surface area contributed by atoms with Crippen LogP contribution in [0, 0.1) is 20.2 Å². The molecule has 1 aromatic rings. The zero-order valence-corrected chi connectivity index (χ0v) is 8.45. The van der Waals surface area contributed by atoms with Gasteiger partial charge in [0.25, 0.3) is 5.75 Å². The summed E-state index contributed by atoms with van der Waals surface area (Å²) in [7, 11) is 0.991. The molecule has 0 heterocycles. The summed E-state index contributed by atoms with van der Waals surface area (Å²) >= 11 is 0. The summed E-state index contributed by atoms with van der Waals surface area (Å²) in [5.41, 5.74) is -2.46. The minimum absolute atomic E-state index is 0.555. The fourth-order valence-corrected chi connectivity index (χ4v) is 1.18. The number of methoxy groups -OCH3 is 1. The average molecular weight is 242 g/mol. The second kappa shape index (κ2) is 4.43. The summed E-state index contributed by atoms with van der Waals surface area (Å²) in [6, 6.07) is 1.64. The Morgan fingerprint density at radius 3 is 2.29 bits per heavy atom. The maximum atomic E-state index is 11.2. The summed E-state index contributed by atoms with van der Waals surface area (Å²) in [5.74, 6) is -2.25. The lowest BCUT2D eigenvalue weighted by atomic mass is 10.1. The molecule has 0 saturated heterocycles. The molecule has 0 radical (unpaired) electrons. The first-order valence-electron chi connectivity index (χ1n) is 4.13. The van der Waals surface area contributed by atoms with Gasteiger partial charge >= 0.3 is 17.3 Å². The van der Waals surface area contributed by atoms with Crippen LogP contribution in [0.25, 0.3) is 0 Å². The van der Waals surface area contributed by atoms with Crippen molar-refractivity contribution in [2.75, 3.05) is 7.11 Å². The summed E-state index contributed by atoms with van der Waals surface area (Å²) < 4.78 is 4.26. The SMILES string of the molecule is COC(=O)c1ccc([N+](=O)[O-])c(O)c1[N+](=O)[O-]. The van der Waals surface area contributed by atoms with Gasteiger partial charge in [-0.2, -0.15) is 0 Å². The molecule has 0 fully saturated rings. The van der Waals surface area contributed by atoms with E-state index >= 15 is 0 Å². The van der Waals surface area contributed by atoms with Crippen LogP contribution >= 0.6 is 0 Å². The molecule has 9 heteroatoms. The van der Waals surface area contributed by atoms with E-state index in [2.05, 4.69) is 4.74 Å². The van der Waals surface area contributed by atoms with Gasteiger partial charge in [-0.25, -0.2) is 4.79 Å². The minimum atomic E-state index is -1.18. The van der Waals surface area contributed by atoms with Crippen LogP contribution in [0.2, 0.25) is 0 Å². The predicted octanol–water partition coefficient (Wildman–Crippen LogP) is 0.995. The third-order valence-corrected chi connectivity index (χ3v) is 1.91. The van der Waals surface area contributed by atoms with E-state index in [4.69, 9.17) is 0 Å². The highest BCUT2D eigenvalue weighted by atomic mass is 16.6. The molecule has 0 aliphatic heterocycles. The number of ether oxygens (including phenoxy) is 1. The van der Waals surface area contributed by atoms with Gasteiger partial charge in [0.1, 0.15) is 5.56 Å². The molecular weight excluding hydrogens is 236 g/mol. The van der Waals surface area contributed by atoms with Crippen molar-refractivity contribution in [2.45, 2.75) is 0 Å². The molecule has 9 nitrogen and oxygen atoms in total. The van der Waals surface area contributed by atoms with Crippen LogP contribution in [0.4, 0.5) is 11.4 Å². The van der Waals surface area contributed by atoms with Crippen LogP contribution in [0.3, 0.4) is 0 Å². The first-order chi connectivity index (χ1) is 7.90. The fraction of sp³-hybridized carbons (Fsp3) is 0.125. The molecule has 0 atom stereocenters. The number of carbonyl (C=O) groups is 1. The molecule has 90 valence electrons. The molecule has 17 heavy (non-hydrogen) atoms. The van der Waals surface area contributed by atoms with Crippen molar-refractivity contribution < 1.29 is 24.5 Å². The summed E-state index contributed by atoms with van der Waals surface area (Å²) in [6.07, 6.45) is 0. The van der Waals surface area contributed by atoms with Crippen molar-refractivity contribution in [3.05, 3.63) is 37.9 Å². The first kappa shape index (κ1) is 12.4. The summed E-state index contributed by atoms with van der Waals surface area (Å²) in [5, 5.41) is 30.5. The van der Waals surface area contributed by atoms with Gasteiger partial charge in [-0.3, -0.25) is 20.2 Å². The van der Waals surface area contributed by atoms with E-state index in [1.165, 1.54) is 0 Å². The first-order valence-corrected chi connectivity index (χ1v) is 4.13. The van der Waals surface area contributed by atoms with Crippen molar-refractivity contribution in [1.82, 2.24) is 0 Å². The third-order valence-electron chi connectivity index (χ3n) is 1.91. The van der Waals surface area contributed by atoms with Gasteiger partial charge in [0.05, 0.1) is 17.0 Å². The second-order valence-corrected chi connectivity index (χ2v) is 2.84. The molecule has 0 aromatic heterocycles. The molecule has 0 spiro atoms. The number of nitro benzene ring substituents is 2. The van der Waals surface area contributed by atoms with Gasteiger partial charge in [-0.05, 0) is 6.07 Å². The van der Waals surface area contributed by atoms with Crippen LogP contribution in [0.1, 0.15) is 10.4 Å². The minimum Gasteiger partial charge on any atom is -0.497 e. The summed E-state index contributed by atoms with van der Waals surface area (Å²) in [6.45, 7) is 0. The van der Waals surface area contributed by atoms with Gasteiger partial charge in [0.15, 0.2) is 0 Å². The van der Waals surface area contributed by atoms with Crippen molar-refractivity contribution in [2.24, 2.45) is 0 Å². The standard InChI is InChI=1S/C8H6N2O7/c1-17-8(12)4-2-3-5(9(13)14)7(11)6(4)10(15)16/h2-3,11H,1H3. The van der Waals surface area contributed by atoms with Crippen LogP contribution in [-0.4, -0.2) is 28.0 Å². The highest BCUT2D eigenvalue weighted by molar-refractivity contribution is 5.96. The molecule has 1 rings (SSSR count). The van der Waals surface area contributed by atoms with E-state index in [9.17, 15) is 30.1 Å². The number of rotatable bonds is 3. The molecule has 0 unspecified atom stereocenters. The van der Waals surface area contributed by atoms with Gasteiger partial charge in [-0.1, -0.05) is 0 Å². The number of hydrogen-bond donors (Lipinski definition) is 1. The third kappa shape index (κ3) is 2.12. The van der Waals surface area contributed by atoms with E-state index in [1.807, 2.05) is 0 Å². The number of carbonyl (C=O) groups excluding carboxylic acids is 1. The monoisotopic (exact) mass is 242 g/mol. The van der Waals surface area contributed by atoms with Crippen molar-refractivity contribution >= 4 is 17.3 Å². The Morgan fingerprint density at radius 1 is 1.29 bits per heavy atom. The largest absolute Gasteiger partial charge is 0.497 e. The number of aromatic hydroxyl groups is 1. The number of phenolic OH excluding ortho intramolecular Hbond substituents is 1. The maximum absolute atomic E-state index is 11.2. The average Bonchev–Trinajstić information content (AvgIpc) is 2.26.